The third kappa shape index (κ3) is 9.48. The van der Waals surface area contributed by atoms with Crippen LogP contribution < -0.4 is 0 Å². The van der Waals surface area contributed by atoms with Gasteiger partial charge in [-0.3, -0.25) is 19.2 Å². The van der Waals surface area contributed by atoms with Crippen LogP contribution in [0, 0.1) is 76.4 Å². The monoisotopic (exact) mass is 688 g/mol. The number of carboxylic acids is 4. The number of carbonyl (C=O) groups is 4. The van der Waals surface area contributed by atoms with Crippen molar-refractivity contribution >= 4 is 23.9 Å². The number of carboxylic acid groups (broad SMARTS) is 4. The zero-order valence-corrected chi connectivity index (χ0v) is 27.7. The maximum absolute atomic E-state index is 10.6. The van der Waals surface area contributed by atoms with Crippen molar-refractivity contribution in [3.63, 3.8) is 0 Å². The molecule has 12 atom stereocenters. The summed E-state index contributed by atoms with van der Waals surface area (Å²) >= 11 is 0. The molecule has 8 aliphatic rings. The van der Waals surface area contributed by atoms with E-state index in [1.54, 1.807) is 0 Å². The van der Waals surface area contributed by atoms with Crippen LogP contribution in [0.25, 0.3) is 0 Å². The van der Waals surface area contributed by atoms with E-state index in [2.05, 4.69) is 48.6 Å². The highest BCUT2D eigenvalue weighted by Gasteiger charge is 2.42. The van der Waals surface area contributed by atoms with Crippen molar-refractivity contribution in [2.45, 2.75) is 51.4 Å². The maximum Gasteiger partial charge on any atom is 0.307 e. The second-order valence-corrected chi connectivity index (χ2v) is 15.0. The van der Waals surface area contributed by atoms with Gasteiger partial charge in [0.05, 0.1) is 55.5 Å². The second-order valence-electron chi connectivity index (χ2n) is 15.0. The molecule has 0 saturated heterocycles. The third-order valence-electron chi connectivity index (χ3n) is 11.7. The molecular formula is C37H52O12. The van der Waals surface area contributed by atoms with Gasteiger partial charge in [0, 0.05) is 0 Å². The first kappa shape index (κ1) is 38.5. The average Bonchev–Trinajstić information content (AvgIpc) is 3.97. The van der Waals surface area contributed by atoms with Crippen molar-refractivity contribution in [3.05, 3.63) is 48.6 Å². The molecule has 0 aromatic heterocycles. The van der Waals surface area contributed by atoms with E-state index in [1.165, 1.54) is 0 Å². The summed E-state index contributed by atoms with van der Waals surface area (Å²) in [5.74, 6) is 0.946. The molecule has 0 heterocycles. The molecular weight excluding hydrogens is 636 g/mol. The fourth-order valence-corrected chi connectivity index (χ4v) is 8.56. The van der Waals surface area contributed by atoms with Crippen LogP contribution in [0.2, 0.25) is 0 Å². The largest absolute Gasteiger partial charge is 0.481 e. The van der Waals surface area contributed by atoms with E-state index in [-0.39, 0.29) is 23.7 Å². The van der Waals surface area contributed by atoms with Crippen molar-refractivity contribution in [2.24, 2.45) is 76.4 Å². The van der Waals surface area contributed by atoms with Crippen LogP contribution in [0.15, 0.2) is 48.6 Å². The molecule has 0 radical (unpaired) electrons. The first-order valence-electron chi connectivity index (χ1n) is 17.4. The van der Waals surface area contributed by atoms with Crippen LogP contribution in [-0.4, -0.2) is 91.2 Å². The van der Waals surface area contributed by atoms with E-state index in [0.717, 1.165) is 51.4 Å². The Balaban J connectivity index is 0.000000138. The van der Waals surface area contributed by atoms with Crippen molar-refractivity contribution in [1.29, 1.82) is 0 Å². The van der Waals surface area contributed by atoms with Gasteiger partial charge < -0.3 is 40.9 Å². The van der Waals surface area contributed by atoms with Crippen molar-refractivity contribution < 1.29 is 60.0 Å². The van der Waals surface area contributed by atoms with E-state index in [9.17, 15) is 19.2 Å². The molecule has 0 spiro atoms. The fourth-order valence-electron chi connectivity index (χ4n) is 8.56. The number of hydrogen-bond donors (Lipinski definition) is 8. The average molecular weight is 689 g/mol. The lowest BCUT2D eigenvalue weighted by Gasteiger charge is -2.23. The smallest absolute Gasteiger partial charge is 0.307 e. The van der Waals surface area contributed by atoms with Crippen LogP contribution in [-0.2, 0) is 19.2 Å². The number of aliphatic hydroxyl groups is 4. The van der Waals surface area contributed by atoms with Gasteiger partial charge in [0.1, 0.15) is 0 Å². The molecule has 0 aromatic carbocycles. The number of hydrogen-bond acceptors (Lipinski definition) is 8. The summed E-state index contributed by atoms with van der Waals surface area (Å²) in [6.45, 7) is -1.62. The molecule has 8 rings (SSSR count). The number of rotatable bonds is 8. The van der Waals surface area contributed by atoms with Crippen molar-refractivity contribution in [1.82, 2.24) is 0 Å². The molecule has 8 aliphatic carbocycles. The standard InChI is InChI=1S/4C8H10O2.C5H12O4/c4*9-8(10)7-4-5-1-2-6(7)3-5;6-1-5(2-7,3-8)4-9/h4*1-2,5-7H,3-4H2,(H,9,10);6-9H,1-4H2. The van der Waals surface area contributed by atoms with Gasteiger partial charge in [-0.05, 0) is 98.7 Å². The summed E-state index contributed by atoms with van der Waals surface area (Å²) < 4.78 is 0. The molecule has 12 unspecified atom stereocenters. The van der Waals surface area contributed by atoms with Gasteiger partial charge in [0.15, 0.2) is 0 Å². The second kappa shape index (κ2) is 17.1. The Morgan fingerprint density at radius 3 is 0.653 bits per heavy atom. The highest BCUT2D eigenvalue weighted by molar-refractivity contribution is 5.73. The number of aliphatic carboxylic acids is 4. The molecule has 0 aromatic rings. The first-order chi connectivity index (χ1) is 23.3. The molecule has 4 fully saturated rings. The summed E-state index contributed by atoms with van der Waals surface area (Å²) in [5, 5.41) is 68.8. The zero-order valence-electron chi connectivity index (χ0n) is 27.7. The Bertz CT molecular complexity index is 1100. The molecule has 272 valence electrons. The molecule has 4 saturated carbocycles. The quantitative estimate of drug-likeness (QED) is 0.172. The molecule has 12 nitrogen and oxygen atoms in total. The summed E-state index contributed by atoms with van der Waals surface area (Å²) in [6, 6.07) is 0. The molecule has 0 amide bonds. The summed E-state index contributed by atoms with van der Waals surface area (Å²) in [5.41, 5.74) is -1.11. The lowest BCUT2D eigenvalue weighted by molar-refractivity contribution is -0.143. The van der Waals surface area contributed by atoms with Crippen molar-refractivity contribution in [2.75, 3.05) is 26.4 Å². The van der Waals surface area contributed by atoms with Crippen molar-refractivity contribution in [3.8, 4) is 0 Å². The highest BCUT2D eigenvalue weighted by Crippen LogP contribution is 2.45. The van der Waals surface area contributed by atoms with E-state index >= 15 is 0 Å². The Kier molecular flexibility index (Phi) is 13.4. The molecule has 49 heavy (non-hydrogen) atoms. The van der Waals surface area contributed by atoms with Gasteiger partial charge in [-0.15, -0.1) is 0 Å². The molecule has 8 N–H and O–H groups in total. The highest BCUT2D eigenvalue weighted by atomic mass is 16.4. The van der Waals surface area contributed by atoms with Gasteiger partial charge in [0.25, 0.3) is 0 Å². The minimum Gasteiger partial charge on any atom is -0.481 e. The van der Waals surface area contributed by atoms with E-state index in [1.807, 2.05) is 0 Å². The lowest BCUT2D eigenvalue weighted by atomic mass is 9.93. The third-order valence-corrected chi connectivity index (χ3v) is 11.7. The van der Waals surface area contributed by atoms with Gasteiger partial charge in [-0.25, -0.2) is 0 Å². The van der Waals surface area contributed by atoms with Crippen LogP contribution in [0.3, 0.4) is 0 Å². The van der Waals surface area contributed by atoms with Crippen LogP contribution in [0.4, 0.5) is 0 Å². The predicted octanol–water partition coefficient (Wildman–Crippen LogP) is 3.07. The summed E-state index contributed by atoms with van der Waals surface area (Å²) in [6.07, 6.45) is 24.7. The Morgan fingerprint density at radius 1 is 0.388 bits per heavy atom. The summed E-state index contributed by atoms with van der Waals surface area (Å²) in [7, 11) is 0. The van der Waals surface area contributed by atoms with Gasteiger partial charge >= 0.3 is 23.9 Å². The number of fused-ring (bicyclic) bond motifs is 8. The van der Waals surface area contributed by atoms with E-state index < -0.39 is 55.7 Å². The van der Waals surface area contributed by atoms with E-state index in [0.29, 0.717) is 47.3 Å². The Labute approximate surface area is 286 Å². The Morgan fingerprint density at radius 2 is 0.592 bits per heavy atom. The summed E-state index contributed by atoms with van der Waals surface area (Å²) in [4.78, 5) is 42.2. The Hall–Kier alpha value is -3.32. The van der Waals surface area contributed by atoms with Gasteiger partial charge in [-0.1, -0.05) is 48.6 Å². The minimum atomic E-state index is -1.11. The predicted molar refractivity (Wildman–Crippen MR) is 177 cm³/mol. The SMILES string of the molecule is O=C(O)C1CC2C=CC1C2.O=C(O)C1CC2C=CC1C2.O=C(O)C1CC2C=CC1C2.O=C(O)C1CC2C=CC1C2.OCC(CO)(CO)CO. The minimum absolute atomic E-state index is 0.0741. The van der Waals surface area contributed by atoms with Crippen LogP contribution >= 0.6 is 0 Å². The number of allylic oxidation sites excluding steroid dienone is 8. The van der Waals surface area contributed by atoms with Crippen LogP contribution in [0.5, 0.6) is 0 Å². The first-order valence-corrected chi connectivity index (χ1v) is 17.4. The fraction of sp³-hybridized carbons (Fsp3) is 0.676. The van der Waals surface area contributed by atoms with Gasteiger partial charge in [-0.2, -0.15) is 0 Å². The van der Waals surface area contributed by atoms with Crippen LogP contribution in [0.1, 0.15) is 51.4 Å². The normalized spacial score (nSPS) is 37.0. The topological polar surface area (TPSA) is 230 Å². The maximum atomic E-state index is 10.6. The number of aliphatic hydroxyl groups excluding tert-OH is 4. The van der Waals surface area contributed by atoms with E-state index in [4.69, 9.17) is 40.9 Å². The zero-order chi connectivity index (χ0) is 35.9. The molecule has 0 aliphatic heterocycles. The van der Waals surface area contributed by atoms with Gasteiger partial charge in [0.2, 0.25) is 0 Å². The lowest BCUT2D eigenvalue weighted by Crippen LogP contribution is -2.37. The molecule has 8 bridgehead atoms. The molecule has 12 heteroatoms.